The van der Waals surface area contributed by atoms with Gasteiger partial charge in [0.2, 0.25) is 0 Å². The fourth-order valence-electron chi connectivity index (χ4n) is 15.8. The van der Waals surface area contributed by atoms with Gasteiger partial charge in [0.15, 0.2) is 0 Å². The Hall–Kier alpha value is -7.76. The van der Waals surface area contributed by atoms with Gasteiger partial charge in [-0.15, -0.1) is 0 Å². The van der Waals surface area contributed by atoms with Gasteiger partial charge in [-0.3, -0.25) is 0 Å². The second kappa shape index (κ2) is 17.2. The summed E-state index contributed by atoms with van der Waals surface area (Å²) in [6.45, 7) is 31.6. The van der Waals surface area contributed by atoms with Crippen LogP contribution < -0.4 is 25.5 Å². The van der Waals surface area contributed by atoms with E-state index in [0.29, 0.717) is 0 Å². The molecule has 0 unspecified atom stereocenters. The number of furan rings is 1. The average Bonchev–Trinajstić information content (AvgIpc) is 1.39. The summed E-state index contributed by atoms with van der Waals surface area (Å²) in [5.74, 6) is 0. The standard InChI is InChI=1S/C77H76BN3O/c1-72(2,3)47-28-30-50(31-29-47)81-64-46-68-55(54-40-51(33-35-67(54)82-68)79(48-22-16-14-17-23-48)49-24-18-15-19-25-49)42-57(64)69-70-56(53-26-20-21-27-58(53)77(70,12)13)43-66-71(69)78(81)63-44-61-62(76(10,11)39-38-75(61,8)9)45-65(63)80(66)52-32-34-59-60(41-52)74(6,7)37-36-73(59,4)5/h14-35,40-46H,36-39H2,1-13H3. The van der Waals surface area contributed by atoms with Crippen molar-refractivity contribution in [2.75, 3.05) is 14.6 Å². The van der Waals surface area contributed by atoms with Crippen LogP contribution in [-0.4, -0.2) is 6.85 Å². The smallest absolute Gasteiger partial charge is 0.333 e. The van der Waals surface area contributed by atoms with Crippen LogP contribution >= 0.6 is 0 Å². The molecule has 3 aliphatic carbocycles. The van der Waals surface area contributed by atoms with Gasteiger partial charge >= 0.3 is 6.85 Å². The van der Waals surface area contributed by atoms with Crippen LogP contribution in [0.25, 0.3) is 44.2 Å². The zero-order valence-electron chi connectivity index (χ0n) is 50.4. The number of hydrogen-bond donors (Lipinski definition) is 0. The highest BCUT2D eigenvalue weighted by Gasteiger charge is 2.52. The molecule has 2 aliphatic heterocycles. The second-order valence-corrected chi connectivity index (χ2v) is 29.1. The molecule has 0 spiro atoms. The molecule has 5 heteroatoms. The summed E-state index contributed by atoms with van der Waals surface area (Å²) in [5, 5.41) is 2.21. The molecule has 9 aromatic carbocycles. The Bertz CT molecular complexity index is 4260. The Morgan fingerprint density at radius 2 is 1.01 bits per heavy atom. The third-order valence-electron chi connectivity index (χ3n) is 20.7. The largest absolute Gasteiger partial charge is 0.456 e. The summed E-state index contributed by atoms with van der Waals surface area (Å²) in [4.78, 5) is 7.82. The molecular formula is C77H76BN3O. The first-order valence-corrected chi connectivity index (χ1v) is 30.3. The van der Waals surface area contributed by atoms with Crippen LogP contribution in [0.4, 0.5) is 45.5 Å². The maximum absolute atomic E-state index is 7.18. The number of nitrogens with zero attached hydrogens (tertiary/aromatic N) is 3. The molecule has 3 heterocycles. The summed E-state index contributed by atoms with van der Waals surface area (Å²) < 4.78 is 7.18. The molecule has 4 nitrogen and oxygen atoms in total. The molecule has 0 N–H and O–H groups in total. The lowest BCUT2D eigenvalue weighted by atomic mass is 9.42. The fraction of sp³-hybridized carbons (Fsp3) is 0.299. The van der Waals surface area contributed by atoms with Crippen molar-refractivity contribution in [3.63, 3.8) is 0 Å². The first-order chi connectivity index (χ1) is 39.0. The molecular weight excluding hydrogens is 994 g/mol. The summed E-state index contributed by atoms with van der Waals surface area (Å²) >= 11 is 0. The van der Waals surface area contributed by atoms with Gasteiger partial charge < -0.3 is 19.0 Å². The molecule has 408 valence electrons. The van der Waals surface area contributed by atoms with E-state index in [9.17, 15) is 0 Å². The van der Waals surface area contributed by atoms with Gasteiger partial charge in [-0.2, -0.15) is 0 Å². The molecule has 0 radical (unpaired) electrons. The minimum Gasteiger partial charge on any atom is -0.456 e. The average molecular weight is 1070 g/mol. The molecule has 0 saturated heterocycles. The van der Waals surface area contributed by atoms with Crippen molar-refractivity contribution >= 4 is 85.2 Å². The number of rotatable bonds is 5. The van der Waals surface area contributed by atoms with Crippen molar-refractivity contribution in [2.24, 2.45) is 0 Å². The summed E-state index contributed by atoms with van der Waals surface area (Å²) in [7, 11) is 0. The molecule has 0 saturated carbocycles. The van der Waals surface area contributed by atoms with Gasteiger partial charge in [0.1, 0.15) is 11.2 Å². The van der Waals surface area contributed by atoms with E-state index in [1.807, 2.05) is 0 Å². The molecule has 0 amide bonds. The van der Waals surface area contributed by atoms with Crippen LogP contribution in [0.2, 0.25) is 0 Å². The zero-order valence-corrected chi connectivity index (χ0v) is 50.4. The van der Waals surface area contributed by atoms with Crippen LogP contribution in [0.15, 0.2) is 180 Å². The molecule has 15 rings (SSSR count). The van der Waals surface area contributed by atoms with E-state index in [4.69, 9.17) is 4.42 Å². The SMILES string of the molecule is CC(C)(C)c1ccc(N2B3c4cc5c(cc4N(c4ccc6c(c4)C(C)(C)CCC6(C)C)c4cc6c(c(c43)-c3cc4c(cc32)oc2ccc(N(c3ccccc3)c3ccccc3)cc24)C(C)(C)c2ccccc2-6)C(C)(C)CCC5(C)C)cc1. The minimum absolute atomic E-state index is 0.00657. The van der Waals surface area contributed by atoms with Crippen LogP contribution in [-0.2, 0) is 32.5 Å². The predicted octanol–water partition coefficient (Wildman–Crippen LogP) is 20.1. The zero-order chi connectivity index (χ0) is 56.8. The Kier molecular flexibility index (Phi) is 10.7. The van der Waals surface area contributed by atoms with E-state index in [2.05, 4.69) is 281 Å². The maximum Gasteiger partial charge on any atom is 0.333 e. The topological polar surface area (TPSA) is 22.9 Å². The van der Waals surface area contributed by atoms with Crippen molar-refractivity contribution in [2.45, 2.75) is 148 Å². The van der Waals surface area contributed by atoms with Gasteiger partial charge in [-0.1, -0.05) is 175 Å². The highest BCUT2D eigenvalue weighted by molar-refractivity contribution is 6.93. The molecule has 0 atom stereocenters. The number of para-hydroxylation sites is 2. The van der Waals surface area contributed by atoms with E-state index >= 15 is 0 Å². The number of anilines is 8. The van der Waals surface area contributed by atoms with E-state index < -0.39 is 0 Å². The van der Waals surface area contributed by atoms with Crippen molar-refractivity contribution in [3.8, 4) is 22.3 Å². The fourth-order valence-corrected chi connectivity index (χ4v) is 15.8. The molecule has 0 fully saturated rings. The van der Waals surface area contributed by atoms with Crippen molar-refractivity contribution < 1.29 is 4.42 Å². The minimum atomic E-state index is -0.310. The molecule has 82 heavy (non-hydrogen) atoms. The van der Waals surface area contributed by atoms with E-state index in [1.165, 1.54) is 107 Å². The summed E-state index contributed by atoms with van der Waals surface area (Å²) in [5.41, 5.74) is 28.9. The van der Waals surface area contributed by atoms with Crippen LogP contribution in [0.1, 0.15) is 155 Å². The number of benzene rings is 9. The Morgan fingerprint density at radius 1 is 0.439 bits per heavy atom. The molecule has 0 bridgehead atoms. The Balaban J connectivity index is 1.09. The van der Waals surface area contributed by atoms with Crippen molar-refractivity contribution in [1.82, 2.24) is 0 Å². The highest BCUT2D eigenvalue weighted by Crippen LogP contribution is 2.60. The highest BCUT2D eigenvalue weighted by atomic mass is 16.3. The van der Waals surface area contributed by atoms with E-state index in [0.717, 1.165) is 58.3 Å². The van der Waals surface area contributed by atoms with Gasteiger partial charge in [0.05, 0.1) is 0 Å². The normalized spacial score (nSPS) is 18.0. The quantitative estimate of drug-likeness (QED) is 0.160. The number of hydrogen-bond acceptors (Lipinski definition) is 4. The maximum atomic E-state index is 7.18. The van der Waals surface area contributed by atoms with Crippen molar-refractivity contribution in [3.05, 3.63) is 215 Å². The summed E-state index contributed by atoms with van der Waals surface area (Å²) in [6, 6.07) is 67.6. The second-order valence-electron chi connectivity index (χ2n) is 29.1. The van der Waals surface area contributed by atoms with Gasteiger partial charge in [-0.25, -0.2) is 0 Å². The molecule has 10 aromatic rings. The van der Waals surface area contributed by atoms with Crippen molar-refractivity contribution in [1.29, 1.82) is 0 Å². The van der Waals surface area contributed by atoms with Crippen LogP contribution in [0.5, 0.6) is 0 Å². The van der Waals surface area contributed by atoms with Crippen LogP contribution in [0.3, 0.4) is 0 Å². The monoisotopic (exact) mass is 1070 g/mol. The third-order valence-corrected chi connectivity index (χ3v) is 20.7. The van der Waals surface area contributed by atoms with E-state index in [1.54, 1.807) is 0 Å². The first-order valence-electron chi connectivity index (χ1n) is 30.3. The molecule has 5 aliphatic rings. The number of fused-ring (bicyclic) bond motifs is 13. The Labute approximate surface area is 486 Å². The predicted molar refractivity (Wildman–Crippen MR) is 349 cm³/mol. The van der Waals surface area contributed by atoms with E-state index in [-0.39, 0.29) is 39.3 Å². The lowest BCUT2D eigenvalue weighted by Crippen LogP contribution is -2.62. The lowest BCUT2D eigenvalue weighted by molar-refractivity contribution is 0.332. The van der Waals surface area contributed by atoms with Crippen LogP contribution in [0, 0.1) is 0 Å². The molecule has 1 aromatic heterocycles. The van der Waals surface area contributed by atoms with Gasteiger partial charge in [-0.05, 0) is 204 Å². The van der Waals surface area contributed by atoms with Gasteiger partial charge in [0.25, 0.3) is 0 Å². The summed E-state index contributed by atoms with van der Waals surface area (Å²) in [6.07, 6.45) is 4.61. The lowest BCUT2D eigenvalue weighted by Gasteiger charge is -2.49. The Morgan fingerprint density at radius 3 is 1.66 bits per heavy atom. The van der Waals surface area contributed by atoms with Gasteiger partial charge in [0, 0.05) is 73.3 Å². The third kappa shape index (κ3) is 7.36. The first kappa shape index (κ1) is 51.1.